The highest BCUT2D eigenvalue weighted by molar-refractivity contribution is 14.1. The second-order valence-corrected chi connectivity index (χ2v) is 8.04. The molecule has 0 unspecified atom stereocenters. The minimum atomic E-state index is -0.436. The summed E-state index contributed by atoms with van der Waals surface area (Å²) in [5, 5.41) is 21.3. The summed E-state index contributed by atoms with van der Waals surface area (Å²) >= 11 is 10.0. The highest BCUT2D eigenvalue weighted by Crippen LogP contribution is 2.25. The second kappa shape index (κ2) is 8.35. The highest BCUT2D eigenvalue weighted by Gasteiger charge is 2.11. The van der Waals surface area contributed by atoms with E-state index >= 15 is 0 Å². The van der Waals surface area contributed by atoms with Crippen LogP contribution < -0.4 is 5.43 Å². The molecule has 9 heteroatoms. The fraction of sp³-hybridized carbons (Fsp3) is 0. The Balaban J connectivity index is 1.70. The molecule has 0 aliphatic heterocycles. The molecule has 1 aromatic heterocycles. The van der Waals surface area contributed by atoms with Gasteiger partial charge in [0.2, 0.25) is 0 Å². The molecule has 0 saturated heterocycles. The summed E-state index contributed by atoms with van der Waals surface area (Å²) in [5.41, 5.74) is 4.67. The lowest BCUT2D eigenvalue weighted by molar-refractivity contribution is 0.0950. The van der Waals surface area contributed by atoms with Crippen LogP contribution in [0.2, 0.25) is 5.02 Å². The maximum atomic E-state index is 12.2. The van der Waals surface area contributed by atoms with Crippen LogP contribution in [0.3, 0.4) is 0 Å². The van der Waals surface area contributed by atoms with Gasteiger partial charge in [0.25, 0.3) is 5.91 Å². The lowest BCUT2D eigenvalue weighted by Gasteiger charge is -2.02. The van der Waals surface area contributed by atoms with Crippen molar-refractivity contribution in [2.45, 2.75) is 0 Å². The number of halogens is 3. The van der Waals surface area contributed by atoms with Crippen molar-refractivity contribution in [2.24, 2.45) is 5.10 Å². The number of carbonyl (C=O) groups excluding carboxylic acids is 1. The zero-order valence-corrected chi connectivity index (χ0v) is 18.1. The van der Waals surface area contributed by atoms with E-state index < -0.39 is 5.91 Å². The Morgan fingerprint density at radius 1 is 1.23 bits per heavy atom. The van der Waals surface area contributed by atoms with Crippen LogP contribution in [0.5, 0.6) is 5.75 Å². The molecule has 2 aromatic carbocycles. The largest absolute Gasteiger partial charge is 0.506 e. The number of phenols is 1. The molecule has 3 N–H and O–H groups in total. The summed E-state index contributed by atoms with van der Waals surface area (Å²) in [6.07, 6.45) is 1.40. The molecular weight excluding hydrogens is 581 g/mol. The number of benzene rings is 2. The van der Waals surface area contributed by atoms with Crippen LogP contribution in [0.15, 0.2) is 47.6 Å². The molecule has 3 rings (SSSR count). The van der Waals surface area contributed by atoms with Gasteiger partial charge in [0.1, 0.15) is 11.4 Å². The zero-order valence-electron chi connectivity index (χ0n) is 13.0. The molecule has 0 atom stereocenters. The maximum Gasteiger partial charge on any atom is 0.289 e. The van der Waals surface area contributed by atoms with E-state index in [1.54, 1.807) is 24.3 Å². The van der Waals surface area contributed by atoms with Crippen LogP contribution in [0.4, 0.5) is 0 Å². The normalized spacial score (nSPS) is 11.0. The van der Waals surface area contributed by atoms with E-state index in [1.165, 1.54) is 6.21 Å². The zero-order chi connectivity index (χ0) is 18.7. The Hall–Kier alpha value is -1.66. The van der Waals surface area contributed by atoms with Gasteiger partial charge in [-0.25, -0.2) is 5.43 Å². The molecule has 1 heterocycles. The van der Waals surface area contributed by atoms with Gasteiger partial charge in [0.05, 0.1) is 15.5 Å². The molecule has 1 amide bonds. The molecule has 0 bridgehead atoms. The fourth-order valence-electron chi connectivity index (χ4n) is 2.11. The minimum Gasteiger partial charge on any atom is -0.506 e. The van der Waals surface area contributed by atoms with Gasteiger partial charge in [-0.05, 0) is 75.5 Å². The summed E-state index contributed by atoms with van der Waals surface area (Å²) in [6.45, 7) is 0. The average Bonchev–Trinajstić information content (AvgIpc) is 3.09. The monoisotopic (exact) mass is 592 g/mol. The highest BCUT2D eigenvalue weighted by atomic mass is 127. The Morgan fingerprint density at radius 3 is 2.69 bits per heavy atom. The van der Waals surface area contributed by atoms with Crippen molar-refractivity contribution in [3.8, 4) is 17.0 Å². The van der Waals surface area contributed by atoms with Crippen LogP contribution in [0.25, 0.3) is 11.3 Å². The fourth-order valence-corrected chi connectivity index (χ4v) is 4.13. The van der Waals surface area contributed by atoms with E-state index in [0.717, 1.165) is 9.13 Å². The van der Waals surface area contributed by atoms with Gasteiger partial charge in [-0.1, -0.05) is 23.7 Å². The van der Waals surface area contributed by atoms with Crippen molar-refractivity contribution in [2.75, 3.05) is 0 Å². The summed E-state index contributed by atoms with van der Waals surface area (Å²) in [4.78, 5) is 12.2. The standard InChI is InChI=1S/C17H11ClI2N4O2/c18-11-3-1-9(2-4-11)14-7-15(23-22-14)17(26)24-21-8-10-5-12(19)6-13(20)16(10)25/h1-8,25H,(H,22,23)(H,24,26)/b21-8+. The van der Waals surface area contributed by atoms with Crippen LogP contribution in [0, 0.1) is 7.14 Å². The van der Waals surface area contributed by atoms with E-state index in [2.05, 4.69) is 43.3 Å². The van der Waals surface area contributed by atoms with Gasteiger partial charge in [-0.3, -0.25) is 9.89 Å². The molecule has 0 saturated carbocycles. The van der Waals surface area contributed by atoms with Crippen LogP contribution in [-0.4, -0.2) is 27.4 Å². The van der Waals surface area contributed by atoms with Gasteiger partial charge in [0, 0.05) is 19.7 Å². The molecule has 26 heavy (non-hydrogen) atoms. The minimum absolute atomic E-state index is 0.121. The first-order chi connectivity index (χ1) is 12.4. The predicted molar refractivity (Wildman–Crippen MR) is 118 cm³/mol. The van der Waals surface area contributed by atoms with Crippen LogP contribution >= 0.6 is 56.8 Å². The molecule has 0 fully saturated rings. The van der Waals surface area contributed by atoms with E-state index in [-0.39, 0.29) is 11.4 Å². The lowest BCUT2D eigenvalue weighted by atomic mass is 10.1. The number of aromatic hydroxyl groups is 1. The van der Waals surface area contributed by atoms with Gasteiger partial charge in [0.15, 0.2) is 0 Å². The summed E-state index contributed by atoms with van der Waals surface area (Å²) < 4.78 is 1.67. The van der Waals surface area contributed by atoms with Crippen molar-refractivity contribution < 1.29 is 9.90 Å². The number of rotatable bonds is 4. The number of H-pyrrole nitrogens is 1. The Labute approximate surface area is 181 Å². The second-order valence-electron chi connectivity index (χ2n) is 5.20. The summed E-state index contributed by atoms with van der Waals surface area (Å²) in [5.74, 6) is -0.315. The molecule has 0 spiro atoms. The maximum absolute atomic E-state index is 12.2. The number of carbonyl (C=O) groups is 1. The molecule has 0 aliphatic carbocycles. The number of amides is 1. The SMILES string of the molecule is O=C(N/N=C/c1cc(I)cc(I)c1O)c1cc(-c2ccc(Cl)cc2)n[nH]1. The number of hydrazone groups is 1. The Kier molecular flexibility index (Phi) is 6.14. The first-order valence-corrected chi connectivity index (χ1v) is 9.80. The number of nitrogens with one attached hydrogen (secondary N) is 2. The number of hydrogen-bond acceptors (Lipinski definition) is 4. The van der Waals surface area contributed by atoms with E-state index in [1.807, 2.05) is 40.8 Å². The van der Waals surface area contributed by atoms with Crippen molar-refractivity contribution in [3.63, 3.8) is 0 Å². The summed E-state index contributed by atoms with van der Waals surface area (Å²) in [6, 6.07) is 12.4. The van der Waals surface area contributed by atoms with Gasteiger partial charge in [-0.15, -0.1) is 0 Å². The van der Waals surface area contributed by atoms with Crippen LogP contribution in [0.1, 0.15) is 16.1 Å². The number of hydrogen-bond donors (Lipinski definition) is 3. The average molecular weight is 593 g/mol. The first kappa shape index (κ1) is 19.1. The molecular formula is C17H11ClI2N4O2. The summed E-state index contributed by atoms with van der Waals surface area (Å²) in [7, 11) is 0. The number of phenolic OH excluding ortho intramolecular Hbond substituents is 1. The van der Waals surface area contributed by atoms with Crippen molar-refractivity contribution in [1.29, 1.82) is 0 Å². The quantitative estimate of drug-likeness (QED) is 0.238. The molecule has 6 nitrogen and oxygen atoms in total. The van der Waals surface area contributed by atoms with Gasteiger partial charge in [-0.2, -0.15) is 10.2 Å². The van der Waals surface area contributed by atoms with Crippen molar-refractivity contribution in [3.05, 3.63) is 65.9 Å². The molecule has 0 radical (unpaired) electrons. The first-order valence-electron chi connectivity index (χ1n) is 7.27. The van der Waals surface area contributed by atoms with E-state index in [0.29, 0.717) is 19.9 Å². The molecule has 3 aromatic rings. The van der Waals surface area contributed by atoms with Gasteiger partial charge >= 0.3 is 0 Å². The number of nitrogens with zero attached hydrogens (tertiary/aromatic N) is 2. The third-order valence-electron chi connectivity index (χ3n) is 3.39. The smallest absolute Gasteiger partial charge is 0.289 e. The lowest BCUT2D eigenvalue weighted by Crippen LogP contribution is -2.18. The van der Waals surface area contributed by atoms with Crippen molar-refractivity contribution >= 4 is 68.9 Å². The third-order valence-corrected chi connectivity index (χ3v) is 5.09. The van der Waals surface area contributed by atoms with Gasteiger partial charge < -0.3 is 5.11 Å². The predicted octanol–water partition coefficient (Wildman–Crippen LogP) is 4.41. The number of aromatic amines is 1. The Bertz CT molecular complexity index is 987. The molecule has 132 valence electrons. The van der Waals surface area contributed by atoms with E-state index in [9.17, 15) is 9.90 Å². The van der Waals surface area contributed by atoms with Crippen molar-refractivity contribution in [1.82, 2.24) is 15.6 Å². The topological polar surface area (TPSA) is 90.4 Å². The third kappa shape index (κ3) is 4.54. The Morgan fingerprint density at radius 2 is 1.96 bits per heavy atom. The van der Waals surface area contributed by atoms with Crippen LogP contribution in [-0.2, 0) is 0 Å². The van der Waals surface area contributed by atoms with E-state index in [4.69, 9.17) is 11.6 Å². The number of aromatic nitrogens is 2. The molecule has 0 aliphatic rings.